The number of hydrogen-bond donors (Lipinski definition) is 1. The van der Waals surface area contributed by atoms with Gasteiger partial charge in [-0.2, -0.15) is 0 Å². The third kappa shape index (κ3) is 4.62. The van der Waals surface area contributed by atoms with E-state index in [-0.39, 0.29) is 11.3 Å². The Balaban J connectivity index is 1.89. The van der Waals surface area contributed by atoms with Gasteiger partial charge in [-0.3, -0.25) is 9.78 Å². The van der Waals surface area contributed by atoms with Crippen LogP contribution in [0.3, 0.4) is 0 Å². The standard InChI is InChI=1S/C17H22N4O/c1-17(2,3)16-14(10-19-12-21-16)11-20-15(22)5-4-13-6-8-18-9-7-13/h6-10,12H,4-5,11H2,1-3H3,(H,20,22). The molecule has 2 aromatic rings. The van der Waals surface area contributed by atoms with E-state index in [1.807, 2.05) is 12.1 Å². The minimum Gasteiger partial charge on any atom is -0.352 e. The molecule has 22 heavy (non-hydrogen) atoms. The van der Waals surface area contributed by atoms with Crippen LogP contribution in [-0.4, -0.2) is 20.9 Å². The predicted molar refractivity (Wildman–Crippen MR) is 85.1 cm³/mol. The van der Waals surface area contributed by atoms with Gasteiger partial charge in [-0.25, -0.2) is 9.97 Å². The molecule has 0 aromatic carbocycles. The zero-order valence-corrected chi connectivity index (χ0v) is 13.3. The lowest BCUT2D eigenvalue weighted by atomic mass is 9.89. The summed E-state index contributed by atoms with van der Waals surface area (Å²) >= 11 is 0. The van der Waals surface area contributed by atoms with Gasteiger partial charge in [0.25, 0.3) is 0 Å². The average Bonchev–Trinajstić information content (AvgIpc) is 2.51. The molecule has 5 heteroatoms. The van der Waals surface area contributed by atoms with E-state index in [9.17, 15) is 4.79 Å². The second-order valence-corrected chi connectivity index (χ2v) is 6.28. The Hall–Kier alpha value is -2.30. The summed E-state index contributed by atoms with van der Waals surface area (Å²) in [6, 6.07) is 3.85. The van der Waals surface area contributed by atoms with Gasteiger partial charge in [-0.15, -0.1) is 0 Å². The number of rotatable bonds is 5. The molecule has 2 heterocycles. The Labute approximate surface area is 131 Å². The van der Waals surface area contributed by atoms with E-state index in [4.69, 9.17) is 0 Å². The molecule has 0 bridgehead atoms. The van der Waals surface area contributed by atoms with Crippen LogP contribution in [0.15, 0.2) is 37.1 Å². The van der Waals surface area contributed by atoms with Crippen LogP contribution < -0.4 is 5.32 Å². The van der Waals surface area contributed by atoms with Crippen LogP contribution in [0.25, 0.3) is 0 Å². The molecule has 5 nitrogen and oxygen atoms in total. The van der Waals surface area contributed by atoms with Crippen LogP contribution in [0.5, 0.6) is 0 Å². The van der Waals surface area contributed by atoms with E-state index in [0.29, 0.717) is 19.4 Å². The first-order chi connectivity index (χ1) is 10.5. The zero-order valence-electron chi connectivity index (χ0n) is 13.3. The Morgan fingerprint density at radius 1 is 1.18 bits per heavy atom. The molecule has 0 aliphatic carbocycles. The van der Waals surface area contributed by atoms with Gasteiger partial charge in [0.05, 0.1) is 5.69 Å². The Morgan fingerprint density at radius 3 is 2.59 bits per heavy atom. The highest BCUT2D eigenvalue weighted by atomic mass is 16.1. The van der Waals surface area contributed by atoms with Crippen LogP contribution in [0.2, 0.25) is 0 Å². The zero-order chi connectivity index (χ0) is 16.0. The Morgan fingerprint density at radius 2 is 1.91 bits per heavy atom. The summed E-state index contributed by atoms with van der Waals surface area (Å²) in [5, 5.41) is 2.95. The van der Waals surface area contributed by atoms with Crippen molar-refractivity contribution in [3.8, 4) is 0 Å². The Bertz CT molecular complexity index is 620. The van der Waals surface area contributed by atoms with E-state index in [0.717, 1.165) is 16.8 Å². The van der Waals surface area contributed by atoms with Crippen molar-refractivity contribution in [3.63, 3.8) is 0 Å². The number of pyridine rings is 1. The summed E-state index contributed by atoms with van der Waals surface area (Å²) in [5.41, 5.74) is 2.98. The molecule has 0 fully saturated rings. The number of nitrogens with one attached hydrogen (secondary N) is 1. The number of hydrogen-bond acceptors (Lipinski definition) is 4. The molecule has 0 aliphatic heterocycles. The van der Waals surface area contributed by atoms with Gasteiger partial charge in [0, 0.05) is 42.5 Å². The highest BCUT2D eigenvalue weighted by molar-refractivity contribution is 5.76. The normalized spacial score (nSPS) is 11.2. The first-order valence-electron chi connectivity index (χ1n) is 7.42. The van der Waals surface area contributed by atoms with Gasteiger partial charge < -0.3 is 5.32 Å². The van der Waals surface area contributed by atoms with Crippen molar-refractivity contribution in [1.29, 1.82) is 0 Å². The lowest BCUT2D eigenvalue weighted by Crippen LogP contribution is -2.26. The maximum absolute atomic E-state index is 12.0. The number of amides is 1. The first kappa shape index (κ1) is 16.1. The SMILES string of the molecule is CC(C)(C)c1ncncc1CNC(=O)CCc1ccncc1. The van der Waals surface area contributed by atoms with Crippen molar-refractivity contribution in [1.82, 2.24) is 20.3 Å². The summed E-state index contributed by atoms with van der Waals surface area (Å²) in [7, 11) is 0. The van der Waals surface area contributed by atoms with Crippen LogP contribution in [0.4, 0.5) is 0 Å². The molecule has 1 N–H and O–H groups in total. The van der Waals surface area contributed by atoms with Crippen molar-refractivity contribution in [2.75, 3.05) is 0 Å². The molecule has 0 unspecified atom stereocenters. The van der Waals surface area contributed by atoms with E-state index in [1.165, 1.54) is 0 Å². The summed E-state index contributed by atoms with van der Waals surface area (Å²) in [5.74, 6) is 0.0283. The third-order valence-corrected chi connectivity index (χ3v) is 3.36. The second-order valence-electron chi connectivity index (χ2n) is 6.28. The smallest absolute Gasteiger partial charge is 0.220 e. The van der Waals surface area contributed by atoms with Gasteiger partial charge in [0.15, 0.2) is 0 Å². The van der Waals surface area contributed by atoms with Gasteiger partial charge in [-0.05, 0) is 24.1 Å². The van der Waals surface area contributed by atoms with Crippen LogP contribution in [0.1, 0.15) is 44.0 Å². The van der Waals surface area contributed by atoms with Crippen molar-refractivity contribution in [3.05, 3.63) is 53.9 Å². The Kier molecular flexibility index (Phi) is 5.20. The molecule has 1 amide bonds. The summed E-state index contributed by atoms with van der Waals surface area (Å²) in [4.78, 5) is 24.4. The largest absolute Gasteiger partial charge is 0.352 e. The number of carbonyl (C=O) groups excluding carboxylic acids is 1. The van der Waals surface area contributed by atoms with Crippen molar-refractivity contribution in [2.45, 2.75) is 45.6 Å². The first-order valence-corrected chi connectivity index (χ1v) is 7.42. The van der Waals surface area contributed by atoms with Gasteiger partial charge in [0.1, 0.15) is 6.33 Å². The molecular formula is C17H22N4O. The molecule has 0 atom stereocenters. The van der Waals surface area contributed by atoms with Gasteiger partial charge in [-0.1, -0.05) is 20.8 Å². The number of carbonyl (C=O) groups is 1. The molecule has 116 valence electrons. The van der Waals surface area contributed by atoms with E-state index < -0.39 is 0 Å². The number of aromatic nitrogens is 3. The highest BCUT2D eigenvalue weighted by Crippen LogP contribution is 2.22. The highest BCUT2D eigenvalue weighted by Gasteiger charge is 2.19. The fourth-order valence-corrected chi connectivity index (χ4v) is 2.25. The van der Waals surface area contributed by atoms with Crippen LogP contribution in [-0.2, 0) is 23.2 Å². The lowest BCUT2D eigenvalue weighted by molar-refractivity contribution is -0.121. The van der Waals surface area contributed by atoms with E-state index in [2.05, 4.69) is 41.0 Å². The lowest BCUT2D eigenvalue weighted by Gasteiger charge is -2.21. The monoisotopic (exact) mass is 298 g/mol. The van der Waals surface area contributed by atoms with Gasteiger partial charge in [0.2, 0.25) is 5.91 Å². The topological polar surface area (TPSA) is 67.8 Å². The van der Waals surface area contributed by atoms with Crippen molar-refractivity contribution >= 4 is 5.91 Å². The summed E-state index contributed by atoms with van der Waals surface area (Å²) in [6.07, 6.45) is 7.98. The van der Waals surface area contributed by atoms with Crippen molar-refractivity contribution < 1.29 is 4.79 Å². The second kappa shape index (κ2) is 7.11. The average molecular weight is 298 g/mol. The minimum absolute atomic E-state index is 0.0283. The maximum Gasteiger partial charge on any atom is 0.220 e. The number of aryl methyl sites for hydroxylation is 1. The van der Waals surface area contributed by atoms with Crippen molar-refractivity contribution in [2.24, 2.45) is 0 Å². The fourth-order valence-electron chi connectivity index (χ4n) is 2.25. The van der Waals surface area contributed by atoms with Crippen LogP contribution >= 0.6 is 0 Å². The molecule has 2 rings (SSSR count). The van der Waals surface area contributed by atoms with E-state index >= 15 is 0 Å². The third-order valence-electron chi connectivity index (χ3n) is 3.36. The fraction of sp³-hybridized carbons (Fsp3) is 0.412. The molecule has 0 saturated carbocycles. The summed E-state index contributed by atoms with van der Waals surface area (Å²) in [6.45, 7) is 6.76. The van der Waals surface area contributed by atoms with Crippen LogP contribution in [0, 0.1) is 0 Å². The molecule has 2 aromatic heterocycles. The van der Waals surface area contributed by atoms with E-state index in [1.54, 1.807) is 24.9 Å². The summed E-state index contributed by atoms with van der Waals surface area (Å²) < 4.78 is 0. The molecular weight excluding hydrogens is 276 g/mol. The predicted octanol–water partition coefficient (Wildman–Crippen LogP) is 2.42. The quantitative estimate of drug-likeness (QED) is 0.920. The number of nitrogens with zero attached hydrogens (tertiary/aromatic N) is 3. The molecule has 0 saturated heterocycles. The van der Waals surface area contributed by atoms with Gasteiger partial charge >= 0.3 is 0 Å². The minimum atomic E-state index is -0.0694. The molecule has 0 aliphatic rings. The molecule has 0 radical (unpaired) electrons. The molecule has 0 spiro atoms. The maximum atomic E-state index is 12.0.